The van der Waals surface area contributed by atoms with Crippen molar-refractivity contribution in [2.45, 2.75) is 12.8 Å². The predicted molar refractivity (Wildman–Crippen MR) is 131 cm³/mol. The Labute approximate surface area is 197 Å². The molecular weight excluding hydrogens is 444 g/mol. The Morgan fingerprint density at radius 3 is 2.69 bits per heavy atom. The van der Waals surface area contributed by atoms with Gasteiger partial charge in [0, 0.05) is 39.3 Å². The number of piperazine rings is 1. The summed E-state index contributed by atoms with van der Waals surface area (Å²) in [7, 11) is 1.68. The third-order valence-electron chi connectivity index (χ3n) is 6.41. The Hall–Kier alpha value is -2.51. The Morgan fingerprint density at radius 1 is 1.09 bits per heavy atom. The minimum Gasteiger partial charge on any atom is -0.497 e. The summed E-state index contributed by atoms with van der Waals surface area (Å²) in [5, 5.41) is 1.76. The summed E-state index contributed by atoms with van der Waals surface area (Å²) in [6.45, 7) is 4.78. The van der Waals surface area contributed by atoms with Crippen molar-refractivity contribution in [3.05, 3.63) is 47.5 Å². The van der Waals surface area contributed by atoms with Gasteiger partial charge in [0.05, 0.1) is 34.0 Å². The number of hydrogen-bond acceptors (Lipinski definition) is 6. The van der Waals surface area contributed by atoms with E-state index in [0.29, 0.717) is 0 Å². The molecule has 2 saturated heterocycles. The number of thiazole rings is 1. The molecule has 32 heavy (non-hydrogen) atoms. The van der Waals surface area contributed by atoms with E-state index in [9.17, 15) is 4.79 Å². The quantitative estimate of drug-likeness (QED) is 0.561. The molecule has 2 aromatic carbocycles. The van der Waals surface area contributed by atoms with Crippen LogP contribution in [0.25, 0.3) is 10.2 Å². The van der Waals surface area contributed by atoms with Crippen molar-refractivity contribution in [1.82, 2.24) is 9.88 Å². The molecule has 5 rings (SSSR count). The predicted octanol–water partition coefficient (Wildman–Crippen LogP) is 4.52. The first-order valence-corrected chi connectivity index (χ1v) is 12.3. The van der Waals surface area contributed by atoms with Gasteiger partial charge in [-0.2, -0.15) is 0 Å². The van der Waals surface area contributed by atoms with Crippen LogP contribution in [-0.4, -0.2) is 62.2 Å². The second-order valence-corrected chi connectivity index (χ2v) is 9.80. The number of carbonyl (C=O) groups excluding carboxylic acids is 1. The van der Waals surface area contributed by atoms with E-state index in [1.54, 1.807) is 18.4 Å². The number of ether oxygens (including phenoxy) is 1. The fourth-order valence-electron chi connectivity index (χ4n) is 4.64. The number of methoxy groups -OCH3 is 1. The van der Waals surface area contributed by atoms with Crippen LogP contribution in [0.2, 0.25) is 5.02 Å². The maximum Gasteiger partial charge on any atom is 0.227 e. The maximum absolute atomic E-state index is 13.3. The first-order chi connectivity index (χ1) is 15.6. The highest BCUT2D eigenvalue weighted by Crippen LogP contribution is 2.34. The maximum atomic E-state index is 13.3. The van der Waals surface area contributed by atoms with Gasteiger partial charge in [0.15, 0.2) is 5.13 Å². The third-order valence-corrected chi connectivity index (χ3v) is 7.81. The molecule has 1 unspecified atom stereocenters. The first-order valence-electron chi connectivity index (χ1n) is 11.1. The Kier molecular flexibility index (Phi) is 6.11. The van der Waals surface area contributed by atoms with E-state index in [-0.39, 0.29) is 11.8 Å². The standard InChI is InChI=1S/C24H27ClN4O2S/c1-31-18-8-9-20-22(15-18)32-24(26-20)29-10-4-5-17(16-29)23(30)28-13-11-27(12-14-28)21-7-3-2-6-19(21)25/h2-3,6-9,15,17H,4-5,10-14,16H2,1H3. The molecule has 168 valence electrons. The van der Waals surface area contributed by atoms with Crippen molar-refractivity contribution >= 4 is 49.9 Å². The largest absolute Gasteiger partial charge is 0.497 e. The highest BCUT2D eigenvalue weighted by atomic mass is 35.5. The number of fused-ring (bicyclic) bond motifs is 1. The summed E-state index contributed by atoms with van der Waals surface area (Å²) in [6, 6.07) is 13.9. The monoisotopic (exact) mass is 470 g/mol. The molecule has 3 aromatic rings. The van der Waals surface area contributed by atoms with Crippen molar-refractivity contribution in [3.8, 4) is 5.75 Å². The lowest BCUT2D eigenvalue weighted by atomic mass is 9.96. The number of carbonyl (C=O) groups is 1. The third kappa shape index (κ3) is 4.24. The molecular formula is C24H27ClN4O2S. The number of anilines is 2. The molecule has 3 heterocycles. The molecule has 0 bridgehead atoms. The zero-order chi connectivity index (χ0) is 22.1. The summed E-state index contributed by atoms with van der Waals surface area (Å²) in [5.74, 6) is 1.14. The number of para-hydroxylation sites is 1. The van der Waals surface area contributed by atoms with Crippen LogP contribution in [0.3, 0.4) is 0 Å². The van der Waals surface area contributed by atoms with E-state index in [4.69, 9.17) is 21.3 Å². The molecule has 0 aliphatic carbocycles. The Balaban J connectivity index is 1.23. The summed E-state index contributed by atoms with van der Waals surface area (Å²) in [5.41, 5.74) is 2.03. The van der Waals surface area contributed by atoms with Gasteiger partial charge in [-0.25, -0.2) is 4.98 Å². The SMILES string of the molecule is COc1ccc2nc(N3CCCC(C(=O)N4CCN(c5ccccc5Cl)CC4)C3)sc2c1. The van der Waals surface area contributed by atoms with Crippen molar-refractivity contribution in [2.75, 3.05) is 56.2 Å². The van der Waals surface area contributed by atoms with Gasteiger partial charge in [-0.15, -0.1) is 0 Å². The van der Waals surface area contributed by atoms with Gasteiger partial charge in [0.1, 0.15) is 5.75 Å². The molecule has 2 fully saturated rings. The number of piperidine rings is 1. The second-order valence-electron chi connectivity index (χ2n) is 8.38. The molecule has 6 nitrogen and oxygen atoms in total. The highest BCUT2D eigenvalue weighted by molar-refractivity contribution is 7.22. The van der Waals surface area contributed by atoms with Crippen molar-refractivity contribution in [2.24, 2.45) is 5.92 Å². The Morgan fingerprint density at radius 2 is 1.91 bits per heavy atom. The van der Waals surface area contributed by atoms with Gasteiger partial charge in [0.25, 0.3) is 0 Å². The minimum atomic E-state index is 0.0251. The number of halogens is 1. The zero-order valence-electron chi connectivity index (χ0n) is 18.2. The van der Waals surface area contributed by atoms with E-state index in [1.165, 1.54) is 0 Å². The van der Waals surface area contributed by atoms with E-state index in [1.807, 2.05) is 47.4 Å². The van der Waals surface area contributed by atoms with E-state index in [0.717, 1.165) is 83.9 Å². The lowest BCUT2D eigenvalue weighted by Gasteiger charge is -2.40. The molecule has 0 radical (unpaired) electrons. The van der Waals surface area contributed by atoms with Crippen molar-refractivity contribution < 1.29 is 9.53 Å². The second kappa shape index (κ2) is 9.16. The van der Waals surface area contributed by atoms with Gasteiger partial charge in [-0.3, -0.25) is 4.79 Å². The van der Waals surface area contributed by atoms with Crippen LogP contribution in [0.15, 0.2) is 42.5 Å². The molecule has 1 aromatic heterocycles. The molecule has 2 aliphatic rings. The number of rotatable bonds is 4. The van der Waals surface area contributed by atoms with Crippen LogP contribution in [0, 0.1) is 5.92 Å². The summed E-state index contributed by atoms with van der Waals surface area (Å²) < 4.78 is 6.45. The van der Waals surface area contributed by atoms with Gasteiger partial charge in [-0.05, 0) is 43.2 Å². The lowest BCUT2D eigenvalue weighted by Crippen LogP contribution is -2.52. The van der Waals surface area contributed by atoms with Crippen LogP contribution >= 0.6 is 22.9 Å². The van der Waals surface area contributed by atoms with Crippen LogP contribution in [0.5, 0.6) is 5.75 Å². The number of amides is 1. The average Bonchev–Trinajstić information content (AvgIpc) is 3.27. The smallest absolute Gasteiger partial charge is 0.227 e. The van der Waals surface area contributed by atoms with E-state index >= 15 is 0 Å². The molecule has 2 aliphatic heterocycles. The molecule has 0 spiro atoms. The zero-order valence-corrected chi connectivity index (χ0v) is 19.7. The number of nitrogens with zero attached hydrogens (tertiary/aromatic N) is 4. The first kappa shape index (κ1) is 21.3. The summed E-state index contributed by atoms with van der Waals surface area (Å²) in [6.07, 6.45) is 1.95. The minimum absolute atomic E-state index is 0.0251. The fraction of sp³-hybridized carbons (Fsp3) is 0.417. The average molecular weight is 471 g/mol. The van der Waals surface area contributed by atoms with Gasteiger partial charge >= 0.3 is 0 Å². The van der Waals surface area contributed by atoms with Crippen LogP contribution in [0.1, 0.15) is 12.8 Å². The van der Waals surface area contributed by atoms with Gasteiger partial charge < -0.3 is 19.4 Å². The topological polar surface area (TPSA) is 48.9 Å². The number of hydrogen-bond donors (Lipinski definition) is 0. The molecule has 0 N–H and O–H groups in total. The van der Waals surface area contributed by atoms with E-state index in [2.05, 4.69) is 9.80 Å². The number of aromatic nitrogens is 1. The molecule has 1 amide bonds. The van der Waals surface area contributed by atoms with Crippen LogP contribution in [0.4, 0.5) is 10.8 Å². The number of benzene rings is 2. The van der Waals surface area contributed by atoms with Crippen molar-refractivity contribution in [1.29, 1.82) is 0 Å². The van der Waals surface area contributed by atoms with Crippen LogP contribution < -0.4 is 14.5 Å². The van der Waals surface area contributed by atoms with Crippen LogP contribution in [-0.2, 0) is 4.79 Å². The lowest BCUT2D eigenvalue weighted by molar-refractivity contribution is -0.136. The molecule has 1 atom stereocenters. The molecule has 8 heteroatoms. The summed E-state index contributed by atoms with van der Waals surface area (Å²) >= 11 is 8.03. The molecule has 0 saturated carbocycles. The normalized spacial score (nSPS) is 19.4. The van der Waals surface area contributed by atoms with Gasteiger partial charge in [-0.1, -0.05) is 35.1 Å². The fourth-order valence-corrected chi connectivity index (χ4v) is 5.93. The highest BCUT2D eigenvalue weighted by Gasteiger charge is 2.32. The van der Waals surface area contributed by atoms with E-state index < -0.39 is 0 Å². The summed E-state index contributed by atoms with van der Waals surface area (Å²) in [4.78, 5) is 24.7. The Bertz CT molecular complexity index is 1110. The van der Waals surface area contributed by atoms with Gasteiger partial charge in [0.2, 0.25) is 5.91 Å². The van der Waals surface area contributed by atoms with Crippen molar-refractivity contribution in [3.63, 3.8) is 0 Å².